The lowest BCUT2D eigenvalue weighted by molar-refractivity contribution is 0.0661. The van der Waals surface area contributed by atoms with Crippen molar-refractivity contribution < 1.29 is 22.7 Å². The van der Waals surface area contributed by atoms with E-state index in [1.54, 1.807) is 25.1 Å². The summed E-state index contributed by atoms with van der Waals surface area (Å²) in [6, 6.07) is 6.40. The van der Waals surface area contributed by atoms with E-state index in [0.29, 0.717) is 5.56 Å². The monoisotopic (exact) mass is 294 g/mol. The zero-order valence-electron chi connectivity index (χ0n) is 11.1. The van der Waals surface area contributed by atoms with Gasteiger partial charge in [0.15, 0.2) is 9.84 Å². The third-order valence-electron chi connectivity index (χ3n) is 2.95. The summed E-state index contributed by atoms with van der Waals surface area (Å²) >= 11 is 0. The Hall–Kier alpha value is -2.08. The fourth-order valence-electron chi connectivity index (χ4n) is 2.07. The molecule has 0 aliphatic carbocycles. The first-order valence-electron chi connectivity index (χ1n) is 5.91. The second-order valence-corrected chi connectivity index (χ2v) is 6.57. The van der Waals surface area contributed by atoms with Crippen LogP contribution in [-0.2, 0) is 15.6 Å². The molecular weight excluding hydrogens is 280 g/mol. The molecule has 0 spiro atoms. The first kappa shape index (κ1) is 14.3. The van der Waals surface area contributed by atoms with Gasteiger partial charge in [-0.1, -0.05) is 17.7 Å². The third kappa shape index (κ3) is 2.75. The maximum absolute atomic E-state index is 12.4. The molecule has 0 aliphatic heterocycles. The Labute approximate surface area is 116 Å². The van der Waals surface area contributed by atoms with Gasteiger partial charge < -0.3 is 9.52 Å². The van der Waals surface area contributed by atoms with Crippen molar-refractivity contribution in [3.63, 3.8) is 0 Å². The summed E-state index contributed by atoms with van der Waals surface area (Å²) in [5, 5.41) is 8.92. The van der Waals surface area contributed by atoms with Crippen LogP contribution in [0.3, 0.4) is 0 Å². The van der Waals surface area contributed by atoms with E-state index >= 15 is 0 Å². The van der Waals surface area contributed by atoms with E-state index in [2.05, 4.69) is 0 Å². The lowest BCUT2D eigenvalue weighted by Gasteiger charge is -2.08. The van der Waals surface area contributed by atoms with E-state index in [4.69, 9.17) is 9.52 Å². The van der Waals surface area contributed by atoms with Crippen LogP contribution in [0.2, 0.25) is 0 Å². The van der Waals surface area contributed by atoms with Crippen LogP contribution in [0.1, 0.15) is 27.2 Å². The Bertz CT molecular complexity index is 756. The van der Waals surface area contributed by atoms with Crippen molar-refractivity contribution in [2.75, 3.05) is 0 Å². The summed E-state index contributed by atoms with van der Waals surface area (Å²) in [5.41, 5.74) is 1.76. The number of hydrogen-bond acceptors (Lipinski definition) is 4. The van der Waals surface area contributed by atoms with Gasteiger partial charge in [0.2, 0.25) is 5.76 Å². The SMILES string of the molecule is Cc1ccc(S(=O)(=O)Cc2ccoc2C(=O)O)c(C)c1. The highest BCUT2D eigenvalue weighted by Crippen LogP contribution is 2.23. The van der Waals surface area contributed by atoms with Crippen molar-refractivity contribution in [3.05, 3.63) is 53.0 Å². The van der Waals surface area contributed by atoms with Gasteiger partial charge in [-0.25, -0.2) is 13.2 Å². The molecule has 1 N–H and O–H groups in total. The fraction of sp³-hybridized carbons (Fsp3) is 0.214. The van der Waals surface area contributed by atoms with Crippen LogP contribution in [0.25, 0.3) is 0 Å². The largest absolute Gasteiger partial charge is 0.475 e. The van der Waals surface area contributed by atoms with Crippen molar-refractivity contribution in [1.82, 2.24) is 0 Å². The van der Waals surface area contributed by atoms with E-state index < -0.39 is 21.6 Å². The number of carboxylic acid groups (broad SMARTS) is 1. The quantitative estimate of drug-likeness (QED) is 0.936. The minimum Gasteiger partial charge on any atom is -0.475 e. The Morgan fingerprint density at radius 3 is 2.55 bits per heavy atom. The van der Waals surface area contributed by atoms with Gasteiger partial charge in [0.1, 0.15) is 0 Å². The Morgan fingerprint density at radius 2 is 1.95 bits per heavy atom. The van der Waals surface area contributed by atoms with Crippen LogP contribution < -0.4 is 0 Å². The number of aromatic carboxylic acids is 1. The van der Waals surface area contributed by atoms with Gasteiger partial charge in [0.25, 0.3) is 0 Å². The molecule has 5 nitrogen and oxygen atoms in total. The molecule has 0 amide bonds. The summed E-state index contributed by atoms with van der Waals surface area (Å²) in [7, 11) is -3.61. The predicted octanol–water partition coefficient (Wildman–Crippen LogP) is 2.57. The summed E-state index contributed by atoms with van der Waals surface area (Å²) in [4.78, 5) is 11.1. The number of hydrogen-bond donors (Lipinski definition) is 1. The number of carboxylic acids is 1. The molecule has 6 heteroatoms. The average molecular weight is 294 g/mol. The number of furan rings is 1. The van der Waals surface area contributed by atoms with E-state index in [1.807, 2.05) is 6.92 Å². The smallest absolute Gasteiger partial charge is 0.372 e. The summed E-state index contributed by atoms with van der Waals surface area (Å²) in [6.07, 6.45) is 1.18. The molecule has 106 valence electrons. The highest BCUT2D eigenvalue weighted by molar-refractivity contribution is 7.90. The third-order valence-corrected chi connectivity index (χ3v) is 4.77. The maximum atomic E-state index is 12.4. The molecule has 0 saturated heterocycles. The topological polar surface area (TPSA) is 84.6 Å². The average Bonchev–Trinajstić information content (AvgIpc) is 2.75. The van der Waals surface area contributed by atoms with Gasteiger partial charge in [0.05, 0.1) is 16.9 Å². The highest BCUT2D eigenvalue weighted by Gasteiger charge is 2.23. The van der Waals surface area contributed by atoms with Gasteiger partial charge >= 0.3 is 5.97 Å². The van der Waals surface area contributed by atoms with Crippen molar-refractivity contribution in [3.8, 4) is 0 Å². The zero-order valence-corrected chi connectivity index (χ0v) is 11.9. The Balaban J connectivity index is 2.41. The standard InChI is InChI=1S/C14H14O5S/c1-9-3-4-12(10(2)7-9)20(17,18)8-11-5-6-19-13(11)14(15)16/h3-7H,8H2,1-2H3,(H,15,16). The molecule has 1 heterocycles. The molecule has 0 bridgehead atoms. The maximum Gasteiger partial charge on any atom is 0.372 e. The molecule has 1 aromatic carbocycles. The van der Waals surface area contributed by atoms with Crippen LogP contribution in [0.4, 0.5) is 0 Å². The number of benzene rings is 1. The van der Waals surface area contributed by atoms with E-state index in [0.717, 1.165) is 5.56 Å². The van der Waals surface area contributed by atoms with Crippen LogP contribution >= 0.6 is 0 Å². The predicted molar refractivity (Wildman–Crippen MR) is 72.5 cm³/mol. The highest BCUT2D eigenvalue weighted by atomic mass is 32.2. The molecule has 0 radical (unpaired) electrons. The molecule has 20 heavy (non-hydrogen) atoms. The number of sulfone groups is 1. The van der Waals surface area contributed by atoms with Gasteiger partial charge in [-0.15, -0.1) is 0 Å². The van der Waals surface area contributed by atoms with Crippen molar-refractivity contribution in [1.29, 1.82) is 0 Å². The first-order valence-corrected chi connectivity index (χ1v) is 7.56. The first-order chi connectivity index (χ1) is 9.31. The number of carbonyl (C=O) groups is 1. The van der Waals surface area contributed by atoms with Gasteiger partial charge in [-0.3, -0.25) is 0 Å². The molecular formula is C14H14O5S. The lowest BCUT2D eigenvalue weighted by atomic mass is 10.2. The molecule has 2 aromatic rings. The van der Waals surface area contributed by atoms with Crippen LogP contribution in [0, 0.1) is 13.8 Å². The minimum absolute atomic E-state index is 0.150. The van der Waals surface area contributed by atoms with Gasteiger partial charge in [-0.2, -0.15) is 0 Å². The van der Waals surface area contributed by atoms with Gasteiger partial charge in [0, 0.05) is 5.56 Å². The summed E-state index contributed by atoms with van der Waals surface area (Å²) < 4.78 is 29.5. The minimum atomic E-state index is -3.61. The Morgan fingerprint density at radius 1 is 1.25 bits per heavy atom. The number of rotatable bonds is 4. The molecule has 0 aliphatic rings. The molecule has 0 saturated carbocycles. The fourth-order valence-corrected chi connectivity index (χ4v) is 3.68. The lowest BCUT2D eigenvalue weighted by Crippen LogP contribution is -2.09. The molecule has 2 rings (SSSR count). The number of aryl methyl sites for hydroxylation is 2. The molecule has 0 atom stereocenters. The van der Waals surface area contributed by atoms with Gasteiger partial charge in [-0.05, 0) is 31.5 Å². The van der Waals surface area contributed by atoms with Crippen molar-refractivity contribution in [2.45, 2.75) is 24.5 Å². The van der Waals surface area contributed by atoms with E-state index in [-0.39, 0.29) is 16.2 Å². The second kappa shape index (κ2) is 5.13. The molecule has 0 unspecified atom stereocenters. The Kier molecular flexibility index (Phi) is 3.67. The van der Waals surface area contributed by atoms with Crippen molar-refractivity contribution in [2.24, 2.45) is 0 Å². The normalized spacial score (nSPS) is 11.5. The van der Waals surface area contributed by atoms with Crippen LogP contribution in [0.15, 0.2) is 39.8 Å². The summed E-state index contributed by atoms with van der Waals surface area (Å²) in [5.74, 6) is -2.01. The second-order valence-electron chi connectivity index (χ2n) is 4.61. The molecule has 1 aromatic heterocycles. The van der Waals surface area contributed by atoms with Crippen molar-refractivity contribution >= 4 is 15.8 Å². The van der Waals surface area contributed by atoms with E-state index in [1.165, 1.54) is 12.3 Å². The van der Waals surface area contributed by atoms with Crippen LogP contribution in [0.5, 0.6) is 0 Å². The summed E-state index contributed by atoms with van der Waals surface area (Å²) in [6.45, 7) is 3.59. The van der Waals surface area contributed by atoms with E-state index in [9.17, 15) is 13.2 Å². The molecule has 0 fully saturated rings. The van der Waals surface area contributed by atoms with Crippen LogP contribution in [-0.4, -0.2) is 19.5 Å². The zero-order chi connectivity index (χ0) is 14.9.